The molecule has 0 spiro atoms. The molecule has 0 bridgehead atoms. The van der Waals surface area contributed by atoms with Crippen LogP contribution < -0.4 is 0 Å². The van der Waals surface area contributed by atoms with E-state index in [2.05, 4.69) is 6.08 Å². The second kappa shape index (κ2) is 11.1. The maximum absolute atomic E-state index is 14.3. The van der Waals surface area contributed by atoms with Gasteiger partial charge in [-0.25, -0.2) is 17.5 Å². The van der Waals surface area contributed by atoms with Gasteiger partial charge in [0.2, 0.25) is 6.79 Å². The van der Waals surface area contributed by atoms with E-state index in [1.54, 1.807) is 18.2 Å². The largest absolute Gasteiger partial charge is 0.477 e. The van der Waals surface area contributed by atoms with Crippen LogP contribution in [0.5, 0.6) is 0 Å². The van der Waals surface area contributed by atoms with E-state index in [0.29, 0.717) is 12.2 Å². The van der Waals surface area contributed by atoms with Gasteiger partial charge in [-0.05, 0) is 24.5 Å². The quantitative estimate of drug-likeness (QED) is 0.451. The summed E-state index contributed by atoms with van der Waals surface area (Å²) in [5.41, 5.74) is 1.73. The van der Waals surface area contributed by atoms with Gasteiger partial charge in [-0.3, -0.25) is 0 Å². The lowest BCUT2D eigenvalue weighted by Gasteiger charge is -2.38. The second-order valence-corrected chi connectivity index (χ2v) is 11.5. The number of rotatable bonds is 8. The maximum atomic E-state index is 14.3. The number of sulfonamides is 1. The number of hydrogen-bond acceptors (Lipinski definition) is 7. The molecule has 2 aromatic carbocycles. The first-order chi connectivity index (χ1) is 19.9. The van der Waals surface area contributed by atoms with Crippen LogP contribution >= 0.6 is 0 Å². The Hall–Kier alpha value is -4.70. The Morgan fingerprint density at radius 2 is 1.83 bits per heavy atom. The molecule has 3 aliphatic heterocycles. The van der Waals surface area contributed by atoms with Gasteiger partial charge in [0.15, 0.2) is 11.5 Å². The molecule has 0 radical (unpaired) electrons. The van der Waals surface area contributed by atoms with Gasteiger partial charge < -0.3 is 24.1 Å². The highest BCUT2D eigenvalue weighted by Crippen LogP contribution is 2.45. The number of ether oxygens (including phenoxy) is 4. The number of fused-ring (bicyclic) bond motifs is 1. The Labute approximate surface area is 237 Å². The average molecular weight is 574 g/mol. The summed E-state index contributed by atoms with van der Waals surface area (Å²) in [7, 11) is -4.38. The average Bonchev–Trinajstić information content (AvgIpc) is 3.52. The smallest absolute Gasteiger partial charge is 0.354 e. The summed E-state index contributed by atoms with van der Waals surface area (Å²) < 4.78 is 52.2. The summed E-state index contributed by atoms with van der Waals surface area (Å²) >= 11 is 0. The molecule has 1 unspecified atom stereocenters. The highest BCUT2D eigenvalue weighted by molar-refractivity contribution is 7.89. The van der Waals surface area contributed by atoms with E-state index in [9.17, 15) is 18.3 Å². The first-order valence-corrected chi connectivity index (χ1v) is 14.5. The van der Waals surface area contributed by atoms with Gasteiger partial charge in [-0.1, -0.05) is 72.3 Å². The molecule has 10 heteroatoms. The molecule has 0 saturated heterocycles. The summed E-state index contributed by atoms with van der Waals surface area (Å²) in [5, 5.41) is 10.6. The number of carboxylic acids is 1. The third-order valence-corrected chi connectivity index (χ3v) is 8.96. The van der Waals surface area contributed by atoms with Gasteiger partial charge in [0.05, 0.1) is 10.5 Å². The van der Waals surface area contributed by atoms with Crippen molar-refractivity contribution in [3.8, 4) is 0 Å². The van der Waals surface area contributed by atoms with E-state index in [0.717, 1.165) is 28.3 Å². The monoisotopic (exact) mass is 573 g/mol. The van der Waals surface area contributed by atoms with Gasteiger partial charge in [-0.15, -0.1) is 0 Å². The van der Waals surface area contributed by atoms with E-state index in [1.807, 2.05) is 42.5 Å². The van der Waals surface area contributed by atoms with Gasteiger partial charge >= 0.3 is 5.97 Å². The fraction of sp³-hybridized carbons (Fsp3) is 0.194. The molecule has 0 aromatic heterocycles. The number of benzene rings is 2. The zero-order valence-electron chi connectivity index (χ0n) is 21.9. The minimum Gasteiger partial charge on any atom is -0.477 e. The first-order valence-electron chi connectivity index (χ1n) is 13.1. The molecule has 3 heterocycles. The summed E-state index contributed by atoms with van der Waals surface area (Å²) in [4.78, 5) is 13.0. The van der Waals surface area contributed by atoms with Crippen LogP contribution in [0.2, 0.25) is 0 Å². The van der Waals surface area contributed by atoms with E-state index >= 15 is 0 Å². The minimum atomic E-state index is -4.38. The summed E-state index contributed by atoms with van der Waals surface area (Å²) in [6.07, 6.45) is 12.6. The van der Waals surface area contributed by atoms with Crippen LogP contribution in [-0.4, -0.2) is 36.6 Å². The van der Waals surface area contributed by atoms with Crippen molar-refractivity contribution in [2.24, 2.45) is 0 Å². The molecule has 0 amide bonds. The van der Waals surface area contributed by atoms with Crippen LogP contribution in [0.1, 0.15) is 30.4 Å². The Kier molecular flexibility index (Phi) is 7.15. The van der Waals surface area contributed by atoms with E-state index < -0.39 is 27.7 Å². The molecule has 1 N–H and O–H groups in total. The standard InChI is InChI=1S/C31H27NO8S/c33-31(34)30-29(27-19-37-17-23(40-27)15-21-9-3-1-4-10-21)24-13-7-8-14-28(24)41(35,36)32(30)25(26-18-38-20-39-26)16-22-11-5-2-6-12-22/h1-3,5-9,11-14,17-19,25H,4,10,15-16,20H2,(H,33,34). The van der Waals surface area contributed by atoms with Crippen LogP contribution in [0.4, 0.5) is 0 Å². The fourth-order valence-electron chi connectivity index (χ4n) is 5.27. The van der Waals surface area contributed by atoms with Crippen LogP contribution in [-0.2, 0) is 40.2 Å². The van der Waals surface area contributed by atoms with Crippen molar-refractivity contribution in [3.63, 3.8) is 0 Å². The predicted octanol–water partition coefficient (Wildman–Crippen LogP) is 5.34. The highest BCUT2D eigenvalue weighted by Gasteiger charge is 2.47. The number of aliphatic carboxylic acids is 1. The second-order valence-electron chi connectivity index (χ2n) is 9.75. The van der Waals surface area contributed by atoms with Crippen LogP contribution in [0.3, 0.4) is 0 Å². The molecular weight excluding hydrogens is 546 g/mol. The summed E-state index contributed by atoms with van der Waals surface area (Å²) in [6.45, 7) is -0.106. The predicted molar refractivity (Wildman–Crippen MR) is 148 cm³/mol. The lowest BCUT2D eigenvalue weighted by molar-refractivity contribution is -0.134. The molecule has 0 saturated carbocycles. The van der Waals surface area contributed by atoms with Gasteiger partial charge in [0.1, 0.15) is 36.3 Å². The first kappa shape index (κ1) is 26.5. The molecule has 1 atom stereocenters. The maximum Gasteiger partial charge on any atom is 0.354 e. The number of nitrogens with zero attached hydrogens (tertiary/aromatic N) is 1. The zero-order valence-corrected chi connectivity index (χ0v) is 22.8. The SMILES string of the molecule is O=C(O)C1=C(C2=COC=C(CC3=CC=CCC3)O2)c2ccccc2S(=O)(=O)N1C(Cc1ccccc1)C1=COCO1. The van der Waals surface area contributed by atoms with Crippen molar-refractivity contribution in [2.45, 2.75) is 36.6 Å². The number of allylic oxidation sites excluding steroid dienone is 5. The Morgan fingerprint density at radius 1 is 1.02 bits per heavy atom. The zero-order chi connectivity index (χ0) is 28.4. The van der Waals surface area contributed by atoms with Crippen molar-refractivity contribution >= 4 is 21.6 Å². The molecule has 4 aliphatic rings. The lowest BCUT2D eigenvalue weighted by Crippen LogP contribution is -2.47. The van der Waals surface area contributed by atoms with Crippen molar-refractivity contribution in [3.05, 3.63) is 131 Å². The Morgan fingerprint density at radius 3 is 2.56 bits per heavy atom. The summed E-state index contributed by atoms with van der Waals surface area (Å²) in [5.74, 6) is -0.677. The van der Waals surface area contributed by atoms with Crippen molar-refractivity contribution in [1.82, 2.24) is 4.31 Å². The molecule has 9 nitrogen and oxygen atoms in total. The molecular formula is C31H27NO8S. The lowest BCUT2D eigenvalue weighted by atomic mass is 9.98. The van der Waals surface area contributed by atoms with E-state index in [-0.39, 0.29) is 40.8 Å². The topological polar surface area (TPSA) is 112 Å². The molecule has 210 valence electrons. The molecule has 1 aliphatic carbocycles. The van der Waals surface area contributed by atoms with Gasteiger partial charge in [0.25, 0.3) is 10.0 Å². The minimum absolute atomic E-state index is 0.0571. The van der Waals surface area contributed by atoms with Gasteiger partial charge in [0, 0.05) is 18.4 Å². The summed E-state index contributed by atoms with van der Waals surface area (Å²) in [6, 6.07) is 14.4. The van der Waals surface area contributed by atoms with Crippen molar-refractivity contribution < 1.29 is 37.3 Å². The van der Waals surface area contributed by atoms with Crippen LogP contribution in [0.15, 0.2) is 125 Å². The number of carbonyl (C=O) groups is 1. The molecule has 6 rings (SSSR count). The fourth-order valence-corrected chi connectivity index (χ4v) is 7.11. The molecule has 2 aromatic rings. The van der Waals surface area contributed by atoms with E-state index in [4.69, 9.17) is 18.9 Å². The van der Waals surface area contributed by atoms with Crippen molar-refractivity contribution in [1.29, 1.82) is 0 Å². The van der Waals surface area contributed by atoms with Gasteiger partial charge in [-0.2, -0.15) is 0 Å². The van der Waals surface area contributed by atoms with Crippen molar-refractivity contribution in [2.75, 3.05) is 6.79 Å². The normalized spacial score (nSPS) is 19.8. The third-order valence-electron chi connectivity index (χ3n) is 7.09. The third kappa shape index (κ3) is 5.14. The Bertz CT molecular complexity index is 1660. The highest BCUT2D eigenvalue weighted by atomic mass is 32.2. The van der Waals surface area contributed by atoms with Crippen LogP contribution in [0, 0.1) is 0 Å². The molecule has 41 heavy (non-hydrogen) atoms. The van der Waals surface area contributed by atoms with Crippen LogP contribution in [0.25, 0.3) is 5.57 Å². The molecule has 0 fully saturated rings. The number of hydrogen-bond donors (Lipinski definition) is 1. The Balaban J connectivity index is 1.50. The van der Waals surface area contributed by atoms with E-state index in [1.165, 1.54) is 24.9 Å². The number of carboxylic acid groups (broad SMARTS) is 1.